The monoisotopic (exact) mass is 1020 g/mol. The van der Waals surface area contributed by atoms with Gasteiger partial charge in [-0.05, 0) is 155 Å². The van der Waals surface area contributed by atoms with Gasteiger partial charge in [0, 0.05) is 46.7 Å². The average molecular weight is 1020 g/mol. The molecule has 3 N–H and O–H groups in total. The summed E-state index contributed by atoms with van der Waals surface area (Å²) in [6, 6.07) is 30.0. The lowest BCUT2D eigenvalue weighted by atomic mass is 9.69. The molecule has 0 spiro atoms. The zero-order chi connectivity index (χ0) is 55.5. The van der Waals surface area contributed by atoms with E-state index in [4.69, 9.17) is 19.3 Å². The Hall–Kier alpha value is -6.36. The van der Waals surface area contributed by atoms with E-state index in [0.29, 0.717) is 5.56 Å². The minimum atomic E-state index is -0.862. The van der Waals surface area contributed by atoms with Crippen molar-refractivity contribution in [1.29, 1.82) is 0 Å². The first-order valence-corrected chi connectivity index (χ1v) is 26.6. The number of carboxylic acids is 1. The summed E-state index contributed by atoms with van der Waals surface area (Å²) in [5.41, 5.74) is 14.3. The molecular weight excluding hydrogens is 937 g/mol. The molecule has 0 aliphatic carbocycles. The number of carbonyl (C=O) groups excluding carboxylic acids is 1. The van der Waals surface area contributed by atoms with Crippen LogP contribution in [0.2, 0.25) is 0 Å². The first-order chi connectivity index (χ1) is 35.4. The Bertz CT molecular complexity index is 2880. The fourth-order valence-corrected chi connectivity index (χ4v) is 9.97. The summed E-state index contributed by atoms with van der Waals surface area (Å²) >= 11 is 0. The van der Waals surface area contributed by atoms with Crippen LogP contribution >= 0.6 is 0 Å². The van der Waals surface area contributed by atoms with Gasteiger partial charge < -0.3 is 29.5 Å². The SMILES string of the molecule is CCC(CC)(c1ccc(OCC(O)C(C)(C)C)c(C)c1)c1ccc(-c2cncc(CC(=O)O)c2)c(C)c1.CCC(CC)(c1ccc(OCC(O)C(C)(C)C)c(C)c1)c1ccc(-c2cncc(CC(=O)OC)c2)c(C)c1. The van der Waals surface area contributed by atoms with Crippen molar-refractivity contribution in [2.45, 2.75) is 158 Å². The third kappa shape index (κ3) is 14.5. The zero-order valence-corrected chi connectivity index (χ0v) is 47.5. The topological polar surface area (TPSA) is 148 Å². The first-order valence-electron chi connectivity index (χ1n) is 26.6. The number of aliphatic hydroxyl groups excluding tert-OH is 2. The molecule has 2 heterocycles. The second kappa shape index (κ2) is 25.5. The van der Waals surface area contributed by atoms with Crippen LogP contribution in [0, 0.1) is 38.5 Å². The van der Waals surface area contributed by atoms with Crippen LogP contribution in [0.1, 0.15) is 151 Å². The second-order valence-corrected chi connectivity index (χ2v) is 22.5. The number of aliphatic carboxylic acids is 1. The highest BCUT2D eigenvalue weighted by molar-refractivity contribution is 5.75. The number of aromatic nitrogens is 2. The molecule has 2 unspecified atom stereocenters. The van der Waals surface area contributed by atoms with Gasteiger partial charge in [0.05, 0.1) is 32.2 Å². The summed E-state index contributed by atoms with van der Waals surface area (Å²) in [4.78, 5) is 31.5. The van der Waals surface area contributed by atoms with Crippen molar-refractivity contribution in [2.24, 2.45) is 10.8 Å². The Kier molecular flexibility index (Phi) is 20.2. The summed E-state index contributed by atoms with van der Waals surface area (Å²) in [5.74, 6) is 0.472. The van der Waals surface area contributed by atoms with Crippen LogP contribution in [0.5, 0.6) is 11.5 Å². The van der Waals surface area contributed by atoms with E-state index in [9.17, 15) is 19.8 Å². The van der Waals surface area contributed by atoms with Crippen molar-refractivity contribution in [2.75, 3.05) is 20.3 Å². The molecule has 2 atom stereocenters. The van der Waals surface area contributed by atoms with Gasteiger partial charge in [0.1, 0.15) is 24.7 Å². The van der Waals surface area contributed by atoms with Crippen LogP contribution in [-0.2, 0) is 38.0 Å². The number of rotatable bonds is 20. The van der Waals surface area contributed by atoms with Crippen molar-refractivity contribution >= 4 is 11.9 Å². The molecular formula is C65H84N2O8. The molecule has 6 aromatic rings. The van der Waals surface area contributed by atoms with Crippen molar-refractivity contribution in [3.8, 4) is 33.8 Å². The number of hydrogen-bond acceptors (Lipinski definition) is 9. The van der Waals surface area contributed by atoms with Gasteiger partial charge >= 0.3 is 11.9 Å². The van der Waals surface area contributed by atoms with Gasteiger partial charge in [0.25, 0.3) is 0 Å². The molecule has 402 valence electrons. The number of hydrogen-bond donors (Lipinski definition) is 3. The van der Waals surface area contributed by atoms with E-state index < -0.39 is 18.2 Å². The lowest BCUT2D eigenvalue weighted by Crippen LogP contribution is -2.32. The number of benzene rings is 4. The number of methoxy groups -OCH3 is 1. The Morgan fingerprint density at radius 1 is 0.507 bits per heavy atom. The van der Waals surface area contributed by atoms with Gasteiger partial charge in [-0.25, -0.2) is 0 Å². The van der Waals surface area contributed by atoms with Crippen LogP contribution in [0.3, 0.4) is 0 Å². The van der Waals surface area contributed by atoms with Crippen LogP contribution in [-0.4, -0.2) is 69.8 Å². The molecule has 0 amide bonds. The summed E-state index contributed by atoms with van der Waals surface area (Å²) < 4.78 is 16.8. The number of aryl methyl sites for hydroxylation is 4. The molecule has 0 bridgehead atoms. The third-order valence-electron chi connectivity index (χ3n) is 15.4. The standard InChI is InChI=1S/C33H43NO4.C32H41NO4/c1-9-33(10-2,27-12-14-29(23(4)16-27)38-21-30(35)32(5,6)7)26-11-13-28(22(3)15-26)25-17-24(19-34-20-25)18-31(36)37-8;1-8-32(9-2,26-11-13-28(22(4)15-26)37-20-29(34)31(5,6)7)25-10-12-27(21(3)14-25)24-16-23(17-30(35)36)18-33-19-24/h11-17,19-20,30,35H,9-10,18,21H2,1-8H3;10-16,18-19,29,34H,8-9,17,20H2,1-7H3,(H,35,36). The van der Waals surface area contributed by atoms with Crippen molar-refractivity contribution in [1.82, 2.24) is 9.97 Å². The predicted molar refractivity (Wildman–Crippen MR) is 303 cm³/mol. The maximum Gasteiger partial charge on any atom is 0.310 e. The quantitative estimate of drug-likeness (QED) is 0.0631. The molecule has 0 fully saturated rings. The Balaban J connectivity index is 0.000000277. The molecule has 0 aliphatic heterocycles. The van der Waals surface area contributed by atoms with Crippen LogP contribution in [0.25, 0.3) is 22.3 Å². The first kappa shape index (κ1) is 59.5. The fourth-order valence-electron chi connectivity index (χ4n) is 9.97. The van der Waals surface area contributed by atoms with Crippen molar-refractivity contribution in [3.05, 3.63) is 165 Å². The van der Waals surface area contributed by atoms with E-state index in [1.807, 2.05) is 72.0 Å². The highest BCUT2D eigenvalue weighted by atomic mass is 16.5. The van der Waals surface area contributed by atoms with Crippen molar-refractivity contribution < 1.29 is 39.1 Å². The summed E-state index contributed by atoms with van der Waals surface area (Å²) in [6.07, 6.45) is 9.85. The number of carboxylic acid groups (broad SMARTS) is 1. The Labute approximate surface area is 448 Å². The summed E-state index contributed by atoms with van der Waals surface area (Å²) in [6.45, 7) is 29.9. The predicted octanol–water partition coefficient (Wildman–Crippen LogP) is 13.9. The number of pyridine rings is 2. The molecule has 4 aromatic carbocycles. The van der Waals surface area contributed by atoms with Crippen LogP contribution in [0.15, 0.2) is 110 Å². The van der Waals surface area contributed by atoms with E-state index >= 15 is 0 Å². The molecule has 6 rings (SSSR count). The highest BCUT2D eigenvalue weighted by Crippen LogP contribution is 2.44. The fraction of sp³-hybridized carbons (Fsp3) is 0.446. The van der Waals surface area contributed by atoms with E-state index in [1.54, 1.807) is 18.6 Å². The lowest BCUT2D eigenvalue weighted by molar-refractivity contribution is -0.140. The smallest absolute Gasteiger partial charge is 0.310 e. The van der Waals surface area contributed by atoms with E-state index in [1.165, 1.54) is 34.9 Å². The second-order valence-electron chi connectivity index (χ2n) is 22.5. The number of ether oxygens (including phenoxy) is 3. The van der Waals surface area contributed by atoms with Crippen molar-refractivity contribution in [3.63, 3.8) is 0 Å². The molecule has 0 radical (unpaired) electrons. The number of nitrogens with zero attached hydrogens (tertiary/aromatic N) is 2. The molecule has 2 aromatic heterocycles. The van der Waals surface area contributed by atoms with Gasteiger partial charge in [-0.15, -0.1) is 0 Å². The molecule has 10 heteroatoms. The Morgan fingerprint density at radius 2 is 0.853 bits per heavy atom. The molecule has 75 heavy (non-hydrogen) atoms. The van der Waals surface area contributed by atoms with Crippen LogP contribution < -0.4 is 9.47 Å². The summed E-state index contributed by atoms with van der Waals surface area (Å²) in [7, 11) is 1.40. The maximum absolute atomic E-state index is 11.7. The van der Waals surface area contributed by atoms with E-state index in [2.05, 4.69) is 126 Å². The summed E-state index contributed by atoms with van der Waals surface area (Å²) in [5, 5.41) is 29.9. The molecule has 0 aliphatic rings. The van der Waals surface area contributed by atoms with Gasteiger partial charge in [0.2, 0.25) is 0 Å². The molecule has 0 saturated carbocycles. The Morgan fingerprint density at radius 3 is 1.16 bits per heavy atom. The van der Waals surface area contributed by atoms with E-state index in [0.717, 1.165) is 81.7 Å². The van der Waals surface area contributed by atoms with Gasteiger partial charge in [-0.1, -0.05) is 130 Å². The molecule has 0 saturated heterocycles. The normalized spacial score (nSPS) is 12.8. The minimum absolute atomic E-state index is 0.0407. The maximum atomic E-state index is 11.7. The van der Waals surface area contributed by atoms with Gasteiger partial charge in [-0.2, -0.15) is 0 Å². The van der Waals surface area contributed by atoms with Gasteiger partial charge in [-0.3, -0.25) is 19.6 Å². The zero-order valence-electron chi connectivity index (χ0n) is 47.5. The third-order valence-corrected chi connectivity index (χ3v) is 15.4. The number of esters is 1. The highest BCUT2D eigenvalue weighted by Gasteiger charge is 2.34. The van der Waals surface area contributed by atoms with Crippen LogP contribution in [0.4, 0.5) is 0 Å². The number of aliphatic hydroxyl groups is 2. The largest absolute Gasteiger partial charge is 0.491 e. The lowest BCUT2D eigenvalue weighted by Gasteiger charge is -2.34. The molecule has 10 nitrogen and oxygen atoms in total. The average Bonchev–Trinajstić information content (AvgIpc) is 3.36. The van der Waals surface area contributed by atoms with Gasteiger partial charge in [0.15, 0.2) is 0 Å². The van der Waals surface area contributed by atoms with E-state index in [-0.39, 0.29) is 53.7 Å². The minimum Gasteiger partial charge on any atom is -0.491 e. The number of carbonyl (C=O) groups is 2.